The van der Waals surface area contributed by atoms with Gasteiger partial charge in [0.05, 0.1) is 0 Å². The molecular weight excluding hydrogens is 192 g/mol. The van der Waals surface area contributed by atoms with E-state index in [2.05, 4.69) is 31.7 Å². The molecule has 0 saturated heterocycles. The summed E-state index contributed by atoms with van der Waals surface area (Å²) in [6.45, 7) is 6.13. The van der Waals surface area contributed by atoms with Gasteiger partial charge in [-0.15, -0.1) is 0 Å². The van der Waals surface area contributed by atoms with E-state index < -0.39 is 0 Å². The van der Waals surface area contributed by atoms with Crippen molar-refractivity contribution in [1.29, 1.82) is 0 Å². The van der Waals surface area contributed by atoms with E-state index in [9.17, 15) is 0 Å². The highest BCUT2D eigenvalue weighted by molar-refractivity contribution is 5.79. The molecule has 16 heavy (non-hydrogen) atoms. The van der Waals surface area contributed by atoms with Gasteiger partial charge in [-0.3, -0.25) is 0 Å². The van der Waals surface area contributed by atoms with Gasteiger partial charge in [0.25, 0.3) is 0 Å². The van der Waals surface area contributed by atoms with Crippen LogP contribution in [0.15, 0.2) is 30.4 Å². The van der Waals surface area contributed by atoms with E-state index in [-0.39, 0.29) is 0 Å². The fourth-order valence-electron chi connectivity index (χ4n) is 2.99. The Morgan fingerprint density at radius 2 is 2.00 bits per heavy atom. The van der Waals surface area contributed by atoms with Crippen molar-refractivity contribution in [2.75, 3.05) is 0 Å². The molecule has 0 atom stereocenters. The Labute approximate surface area is 97.7 Å². The van der Waals surface area contributed by atoms with Crippen LogP contribution in [0.5, 0.6) is 0 Å². The van der Waals surface area contributed by atoms with Crippen LogP contribution in [0.1, 0.15) is 49.3 Å². The quantitative estimate of drug-likeness (QED) is 0.635. The molecule has 0 N–H and O–H groups in total. The maximum Gasteiger partial charge on any atom is -0.00550 e. The first-order chi connectivity index (χ1) is 7.75. The monoisotopic (exact) mass is 210 g/mol. The molecule has 0 saturated carbocycles. The third kappa shape index (κ3) is 1.44. The van der Waals surface area contributed by atoms with E-state index in [0.29, 0.717) is 0 Å². The molecule has 0 aromatic heterocycles. The smallest absolute Gasteiger partial charge is 0.00550 e. The highest BCUT2D eigenvalue weighted by Crippen LogP contribution is 2.42. The van der Waals surface area contributed by atoms with Crippen LogP contribution in [0, 0.1) is 0 Å². The summed E-state index contributed by atoms with van der Waals surface area (Å²) >= 11 is 0. The average molecular weight is 210 g/mol. The molecule has 0 nitrogen and oxygen atoms in total. The Morgan fingerprint density at radius 1 is 1.19 bits per heavy atom. The van der Waals surface area contributed by atoms with Crippen molar-refractivity contribution in [2.45, 2.75) is 39.0 Å². The summed E-state index contributed by atoms with van der Waals surface area (Å²) in [7, 11) is 0. The number of rotatable bonds is 1. The van der Waals surface area contributed by atoms with Crippen molar-refractivity contribution >= 4 is 11.1 Å². The van der Waals surface area contributed by atoms with Gasteiger partial charge in [0.15, 0.2) is 0 Å². The van der Waals surface area contributed by atoms with Gasteiger partial charge in [0.1, 0.15) is 0 Å². The standard InChI is InChI=1S/C16H18/c1-11(2)12-7-8-14-9-13-5-3-4-6-15(13)16(14)10-12/h7-8,10H,1,3-6,9H2,2H3. The second-order valence-electron chi connectivity index (χ2n) is 5.12. The molecule has 0 fully saturated rings. The third-order valence-electron chi connectivity index (χ3n) is 3.91. The summed E-state index contributed by atoms with van der Waals surface area (Å²) in [5.41, 5.74) is 8.90. The van der Waals surface area contributed by atoms with Crippen LogP contribution in [-0.2, 0) is 6.42 Å². The molecule has 0 unspecified atom stereocenters. The Hall–Kier alpha value is -1.30. The summed E-state index contributed by atoms with van der Waals surface area (Å²) < 4.78 is 0. The Kier molecular flexibility index (Phi) is 2.24. The lowest BCUT2D eigenvalue weighted by Gasteiger charge is -2.14. The average Bonchev–Trinajstić information content (AvgIpc) is 2.66. The summed E-state index contributed by atoms with van der Waals surface area (Å²) in [6, 6.07) is 6.88. The first-order valence-corrected chi connectivity index (χ1v) is 6.26. The lowest BCUT2D eigenvalue weighted by molar-refractivity contribution is 0.711. The van der Waals surface area contributed by atoms with Gasteiger partial charge in [-0.1, -0.05) is 29.9 Å². The minimum absolute atomic E-state index is 1.17. The second kappa shape index (κ2) is 3.62. The van der Waals surface area contributed by atoms with E-state index >= 15 is 0 Å². The van der Waals surface area contributed by atoms with Crippen LogP contribution >= 0.6 is 0 Å². The Bertz CT molecular complexity index is 489. The SMILES string of the molecule is C=C(C)c1ccc2c(c1)C1=C(CCCC1)C2. The number of allylic oxidation sites excluding steroid dienone is 3. The van der Waals surface area contributed by atoms with E-state index in [4.69, 9.17) is 0 Å². The largest absolute Gasteiger partial charge is 0.0955 e. The summed E-state index contributed by atoms with van der Waals surface area (Å²) in [5, 5.41) is 0. The van der Waals surface area contributed by atoms with Gasteiger partial charge >= 0.3 is 0 Å². The van der Waals surface area contributed by atoms with Crippen molar-refractivity contribution in [2.24, 2.45) is 0 Å². The van der Waals surface area contributed by atoms with Gasteiger partial charge < -0.3 is 0 Å². The molecule has 2 aliphatic carbocycles. The number of hydrogen-bond donors (Lipinski definition) is 0. The number of fused-ring (bicyclic) bond motifs is 2. The molecule has 0 heteroatoms. The maximum absolute atomic E-state index is 4.04. The highest BCUT2D eigenvalue weighted by atomic mass is 14.3. The third-order valence-corrected chi connectivity index (χ3v) is 3.91. The van der Waals surface area contributed by atoms with Crippen LogP contribution in [0.4, 0.5) is 0 Å². The number of benzene rings is 1. The first kappa shape index (κ1) is 9.89. The second-order valence-corrected chi connectivity index (χ2v) is 5.12. The lowest BCUT2D eigenvalue weighted by Crippen LogP contribution is -1.94. The first-order valence-electron chi connectivity index (χ1n) is 6.26. The molecule has 1 aromatic rings. The van der Waals surface area contributed by atoms with Gasteiger partial charge in [-0.25, -0.2) is 0 Å². The molecule has 1 aromatic carbocycles. The predicted octanol–water partition coefficient (Wildman–Crippen LogP) is 4.60. The van der Waals surface area contributed by atoms with Gasteiger partial charge in [-0.05, 0) is 67.4 Å². The minimum atomic E-state index is 1.17. The molecule has 0 radical (unpaired) electrons. The van der Waals surface area contributed by atoms with E-state index in [1.165, 1.54) is 54.4 Å². The van der Waals surface area contributed by atoms with Crippen molar-refractivity contribution in [3.63, 3.8) is 0 Å². The van der Waals surface area contributed by atoms with Crippen LogP contribution in [0.3, 0.4) is 0 Å². The molecule has 0 bridgehead atoms. The zero-order valence-corrected chi connectivity index (χ0v) is 9.97. The maximum atomic E-state index is 4.04. The summed E-state index contributed by atoms with van der Waals surface area (Å²) in [4.78, 5) is 0. The molecule has 82 valence electrons. The van der Waals surface area contributed by atoms with E-state index in [0.717, 1.165) is 0 Å². The zero-order valence-electron chi connectivity index (χ0n) is 9.97. The highest BCUT2D eigenvalue weighted by Gasteiger charge is 2.23. The molecule has 2 aliphatic rings. The summed E-state index contributed by atoms with van der Waals surface area (Å²) in [5.74, 6) is 0. The van der Waals surface area contributed by atoms with Crippen LogP contribution < -0.4 is 0 Å². The molecule has 0 amide bonds. The van der Waals surface area contributed by atoms with Crippen LogP contribution in [0.2, 0.25) is 0 Å². The fourth-order valence-corrected chi connectivity index (χ4v) is 2.99. The number of hydrogen-bond acceptors (Lipinski definition) is 0. The van der Waals surface area contributed by atoms with Gasteiger partial charge in [0, 0.05) is 0 Å². The minimum Gasteiger partial charge on any atom is -0.0955 e. The van der Waals surface area contributed by atoms with Crippen molar-refractivity contribution in [1.82, 2.24) is 0 Å². The fraction of sp³-hybridized carbons (Fsp3) is 0.375. The van der Waals surface area contributed by atoms with Crippen molar-refractivity contribution in [3.8, 4) is 0 Å². The Morgan fingerprint density at radius 3 is 2.81 bits per heavy atom. The van der Waals surface area contributed by atoms with Gasteiger partial charge in [0.2, 0.25) is 0 Å². The van der Waals surface area contributed by atoms with Crippen LogP contribution in [0.25, 0.3) is 11.1 Å². The molecule has 3 rings (SSSR count). The van der Waals surface area contributed by atoms with Crippen molar-refractivity contribution < 1.29 is 0 Å². The zero-order chi connectivity index (χ0) is 11.1. The van der Waals surface area contributed by atoms with E-state index in [1.807, 2.05) is 0 Å². The normalized spacial score (nSPS) is 18.3. The summed E-state index contributed by atoms with van der Waals surface area (Å²) in [6.07, 6.45) is 6.59. The molecular formula is C16H18. The molecule has 0 spiro atoms. The van der Waals surface area contributed by atoms with Crippen LogP contribution in [-0.4, -0.2) is 0 Å². The predicted molar refractivity (Wildman–Crippen MR) is 70.2 cm³/mol. The Balaban J connectivity index is 2.09. The lowest BCUT2D eigenvalue weighted by atomic mass is 9.91. The molecule has 0 aliphatic heterocycles. The van der Waals surface area contributed by atoms with Crippen molar-refractivity contribution in [3.05, 3.63) is 47.0 Å². The topological polar surface area (TPSA) is 0 Å². The van der Waals surface area contributed by atoms with E-state index in [1.54, 1.807) is 11.1 Å². The van der Waals surface area contributed by atoms with Gasteiger partial charge in [-0.2, -0.15) is 0 Å². The molecule has 0 heterocycles.